The van der Waals surface area contributed by atoms with Crippen LogP contribution >= 0.6 is 7.82 Å². The maximum atomic E-state index is 12.6. The largest absolute Gasteiger partial charge is 0.469 e. The Morgan fingerprint density at radius 2 is 1.72 bits per heavy atom. The van der Waals surface area contributed by atoms with E-state index in [2.05, 4.69) is 10.3 Å². The lowest BCUT2D eigenvalue weighted by molar-refractivity contribution is -0.334. The molecule has 2 fully saturated rings. The summed E-state index contributed by atoms with van der Waals surface area (Å²) in [5.41, 5.74) is 6.90. The number of amides is 2. The number of ether oxygens (including phenoxy) is 4. The number of nitrogens with zero attached hydrogens (tertiary/aromatic N) is 2. The molecule has 0 radical (unpaired) electrons. The van der Waals surface area contributed by atoms with E-state index in [1.165, 1.54) is 26.6 Å². The quantitative estimate of drug-likeness (QED) is 0.0345. The average molecular weight is 1030 g/mol. The second-order valence-electron chi connectivity index (χ2n) is 20.1. The number of aromatic nitrogens is 1. The minimum absolute atomic E-state index is 0.0709. The number of aliphatic hydroxyl groups excluding tert-OH is 5. The highest BCUT2D eigenvalue weighted by molar-refractivity contribution is 7.46. The molecule has 21 heteroatoms. The summed E-state index contributed by atoms with van der Waals surface area (Å²) in [7, 11) is 1.10. The first-order valence-electron chi connectivity index (χ1n) is 24.1. The zero-order valence-corrected chi connectivity index (χ0v) is 44.6. The number of rotatable bonds is 27. The molecule has 1 spiro atoms. The topological polar surface area (TPSA) is 306 Å². The van der Waals surface area contributed by atoms with Gasteiger partial charge >= 0.3 is 7.82 Å². The monoisotopic (exact) mass is 1030 g/mol. The van der Waals surface area contributed by atoms with Crippen molar-refractivity contribution in [2.75, 3.05) is 41.5 Å². The number of carbonyl (C=O) groups excluding carboxylic acids is 2. The van der Waals surface area contributed by atoms with Crippen LogP contribution in [0.5, 0.6) is 0 Å². The Kier molecular flexibility index (Phi) is 23.7. The predicted octanol–water partition coefficient (Wildman–Crippen LogP) is 3.65. The molecule has 0 bridgehead atoms. The molecule has 71 heavy (non-hydrogen) atoms. The summed E-state index contributed by atoms with van der Waals surface area (Å²) in [6.45, 7) is 16.4. The number of oxazole rings is 1. The highest BCUT2D eigenvalue weighted by atomic mass is 31.2. The second kappa shape index (κ2) is 27.2. The van der Waals surface area contributed by atoms with E-state index in [0.717, 1.165) is 11.1 Å². The number of likely N-dealkylation sites (N-methyl/N-ethyl adjacent to an activating group) is 1. The lowest BCUT2D eigenvalue weighted by atomic mass is 9.72. The molecule has 2 amide bonds. The lowest BCUT2D eigenvalue weighted by Gasteiger charge is -2.50. The molecule has 0 aromatic carbocycles. The average Bonchev–Trinajstić information content (AvgIpc) is 3.83. The van der Waals surface area contributed by atoms with Gasteiger partial charge in [0.05, 0.1) is 43.2 Å². The van der Waals surface area contributed by atoms with E-state index < -0.39 is 110 Å². The first-order valence-corrected chi connectivity index (χ1v) is 25.6. The number of primary amides is 1. The molecule has 0 aliphatic carbocycles. The van der Waals surface area contributed by atoms with E-state index in [1.807, 2.05) is 46.8 Å². The predicted molar refractivity (Wildman–Crippen MR) is 266 cm³/mol. The van der Waals surface area contributed by atoms with E-state index in [4.69, 9.17) is 33.6 Å². The Bertz CT molecular complexity index is 2080. The summed E-state index contributed by atoms with van der Waals surface area (Å²) in [6, 6.07) is -0.597. The van der Waals surface area contributed by atoms with Crippen LogP contribution in [0, 0.1) is 23.2 Å². The summed E-state index contributed by atoms with van der Waals surface area (Å²) >= 11 is 0. The van der Waals surface area contributed by atoms with Gasteiger partial charge in [0, 0.05) is 68.8 Å². The third-order valence-electron chi connectivity index (χ3n) is 14.1. The zero-order chi connectivity index (χ0) is 53.8. The third kappa shape index (κ3) is 17.0. The summed E-state index contributed by atoms with van der Waals surface area (Å²) in [5, 5.41) is 58.3. The Hall–Kier alpha value is -3.44. The first kappa shape index (κ1) is 61.9. The molecule has 15 atom stereocenters. The van der Waals surface area contributed by atoms with Crippen molar-refractivity contribution in [3.63, 3.8) is 0 Å². The number of aliphatic hydroxyl groups is 5. The smallest absolute Gasteiger partial charge is 0.448 e. The molecule has 2 aliphatic heterocycles. The van der Waals surface area contributed by atoms with Gasteiger partial charge in [-0.05, 0) is 64.9 Å². The number of hydrogen-bond acceptors (Lipinski definition) is 16. The fourth-order valence-corrected chi connectivity index (χ4v) is 9.77. The summed E-state index contributed by atoms with van der Waals surface area (Å²) in [5.74, 6) is -4.23. The minimum atomic E-state index is -5.16. The first-order chi connectivity index (χ1) is 33.0. The van der Waals surface area contributed by atoms with Crippen molar-refractivity contribution in [3.05, 3.63) is 71.0 Å². The van der Waals surface area contributed by atoms with Crippen molar-refractivity contribution in [3.8, 4) is 0 Å². The van der Waals surface area contributed by atoms with Gasteiger partial charge in [-0.15, -0.1) is 0 Å². The van der Waals surface area contributed by atoms with Crippen LogP contribution in [0.1, 0.15) is 105 Å². The summed E-state index contributed by atoms with van der Waals surface area (Å²) in [6.07, 6.45) is 3.69. The molecule has 0 saturated carbocycles. The number of carbonyl (C=O) groups is 2. The van der Waals surface area contributed by atoms with Gasteiger partial charge in [-0.3, -0.25) is 14.1 Å². The molecule has 1 aromatic rings. The van der Waals surface area contributed by atoms with Crippen LogP contribution in [-0.2, 0) is 37.6 Å². The Labute approximate surface area is 419 Å². The molecule has 2 unspecified atom stereocenters. The Morgan fingerprint density at radius 1 is 1.06 bits per heavy atom. The zero-order valence-electron chi connectivity index (χ0n) is 43.7. The molecular weight excluding hydrogens is 944 g/mol. The standard InChI is InChI=1S/C50H83N4O16P/c1-28(22-41(51)57)16-14-17-29(2)31(4)23-32(5)42(58)34(7)37(55)24-40(66-13)45-46(70-71(62,63)64)49(8,9)50(69-45)25-38(56)33(6)39(68-50)19-15-18-35-26-67-48(53-35)30(3)20-21-52-47(61)44(60)43(59)36(27-65-12)54(10)11/h14-18,22-23,26,30,32-34,36-40,42-46,55-56,58-60H,19-21,24-25,27H2,1-13H3,(H2,51,57)(H,52,61)(H2,62,63,64)/b16-14+,18-15+,28-22-,29-17+,31-23+/t30-,32+,33-,34-,36-,37-,38+,39?,40-,42+,43-,44-,45+,46-,50?/m0/s1. The number of allylic oxidation sites excluding steroid dienone is 6. The van der Waals surface area contributed by atoms with E-state index in [0.29, 0.717) is 23.6 Å². The Morgan fingerprint density at radius 3 is 2.31 bits per heavy atom. The van der Waals surface area contributed by atoms with Crippen LogP contribution in [-0.4, -0.2) is 165 Å². The number of nitrogens with two attached hydrogens (primary N) is 1. The fourth-order valence-electron chi connectivity index (χ4n) is 9.09. The van der Waals surface area contributed by atoms with Gasteiger partial charge in [-0.2, -0.15) is 0 Å². The van der Waals surface area contributed by atoms with Crippen LogP contribution in [0.4, 0.5) is 0 Å². The lowest BCUT2D eigenvalue weighted by Crippen LogP contribution is -2.58. The van der Waals surface area contributed by atoms with Crippen molar-refractivity contribution in [1.29, 1.82) is 0 Å². The summed E-state index contributed by atoms with van der Waals surface area (Å²) in [4.78, 5) is 50.4. The maximum Gasteiger partial charge on any atom is 0.469 e. The molecule has 20 nitrogen and oxygen atoms in total. The number of phosphoric acid groups is 1. The SMILES string of the molecule is COC[C@@H]([C@H](O)[C@H](O)C(=O)NCC[C@H](C)c1nc(/C=C/CC2OC3(C[C@@H](O)[C@@H]2C)O[C@H]([C@H](C[C@H](O)[C@H](C)[C@H](O)[C@H](C)/C=C(C)/C(C)=C/C=C/C(C)=C\C(N)=O)OC)[C@H](OP(=O)(O)O)C3(C)C)co1)N(C)C. The molecule has 10 N–H and O–H groups in total. The second-order valence-corrected chi connectivity index (χ2v) is 21.3. The fraction of sp³-hybridized carbons (Fsp3) is 0.700. The molecule has 2 aliphatic rings. The highest BCUT2D eigenvalue weighted by Gasteiger charge is 2.68. The van der Waals surface area contributed by atoms with E-state index in [9.17, 15) is 49.5 Å². The van der Waals surface area contributed by atoms with Crippen LogP contribution < -0.4 is 11.1 Å². The van der Waals surface area contributed by atoms with Gasteiger partial charge in [-0.25, -0.2) is 9.55 Å². The van der Waals surface area contributed by atoms with Crippen molar-refractivity contribution in [1.82, 2.24) is 15.2 Å². The molecule has 3 heterocycles. The van der Waals surface area contributed by atoms with E-state index in [-0.39, 0.29) is 38.3 Å². The van der Waals surface area contributed by atoms with Crippen LogP contribution in [0.25, 0.3) is 6.08 Å². The molecule has 2 saturated heterocycles. The van der Waals surface area contributed by atoms with E-state index in [1.54, 1.807) is 71.0 Å². The van der Waals surface area contributed by atoms with Gasteiger partial charge in [-0.1, -0.05) is 77.5 Å². The van der Waals surface area contributed by atoms with Crippen molar-refractivity contribution < 1.29 is 77.4 Å². The summed E-state index contributed by atoms with van der Waals surface area (Å²) < 4.78 is 48.2. The highest BCUT2D eigenvalue weighted by Crippen LogP contribution is 2.59. The maximum absolute atomic E-state index is 12.6. The van der Waals surface area contributed by atoms with Crippen LogP contribution in [0.3, 0.4) is 0 Å². The van der Waals surface area contributed by atoms with Gasteiger partial charge < -0.3 is 74.6 Å². The van der Waals surface area contributed by atoms with Gasteiger partial charge in [0.1, 0.15) is 30.3 Å². The van der Waals surface area contributed by atoms with Crippen molar-refractivity contribution in [2.24, 2.45) is 28.9 Å². The van der Waals surface area contributed by atoms with Crippen molar-refractivity contribution in [2.45, 2.75) is 161 Å². The minimum Gasteiger partial charge on any atom is -0.448 e. The van der Waals surface area contributed by atoms with Crippen LogP contribution in [0.15, 0.2) is 63.9 Å². The number of nitrogens with one attached hydrogen (secondary N) is 1. The third-order valence-corrected chi connectivity index (χ3v) is 14.6. The van der Waals surface area contributed by atoms with Gasteiger partial charge in [0.2, 0.25) is 5.91 Å². The Balaban J connectivity index is 1.74. The van der Waals surface area contributed by atoms with E-state index >= 15 is 0 Å². The number of methoxy groups -OCH3 is 2. The normalized spacial score (nSPS) is 27.5. The van der Waals surface area contributed by atoms with Crippen molar-refractivity contribution >= 4 is 25.7 Å². The number of phosphoric ester groups is 1. The van der Waals surface area contributed by atoms with Gasteiger partial charge in [0.15, 0.2) is 17.8 Å². The molecule has 3 rings (SSSR count). The molecule has 1 aromatic heterocycles. The van der Waals surface area contributed by atoms with Crippen LogP contribution in [0.2, 0.25) is 0 Å². The number of hydrogen-bond donors (Lipinski definition) is 9. The molecular formula is C50H83N4O16P. The van der Waals surface area contributed by atoms with Gasteiger partial charge in [0.25, 0.3) is 5.91 Å². The molecule has 404 valence electrons.